The average molecular weight is 366 g/mol. The van der Waals surface area contributed by atoms with Crippen LogP contribution in [0.2, 0.25) is 0 Å². The van der Waals surface area contributed by atoms with Crippen molar-refractivity contribution in [1.82, 2.24) is 5.32 Å². The standard InChI is InChI=1S/C19H21F3N2O2/c1-2-17(23)18(25)24-12-11-13-3-5-14(6-4-13)15-7-9-16(10-8-15)26-19(20,21)22/h3-10,17H,2,11-12,23H2,1H3,(H,24,25). The van der Waals surface area contributed by atoms with Gasteiger partial charge in [0.1, 0.15) is 5.75 Å². The lowest BCUT2D eigenvalue weighted by atomic mass is 10.0. The van der Waals surface area contributed by atoms with Gasteiger partial charge in [0, 0.05) is 6.54 Å². The Kier molecular flexibility index (Phi) is 6.63. The molecule has 0 saturated carbocycles. The van der Waals surface area contributed by atoms with Gasteiger partial charge in [-0.1, -0.05) is 43.3 Å². The van der Waals surface area contributed by atoms with Gasteiger partial charge in [-0.05, 0) is 41.7 Å². The summed E-state index contributed by atoms with van der Waals surface area (Å²) < 4.78 is 40.4. The van der Waals surface area contributed by atoms with Crippen LogP contribution in [0, 0.1) is 0 Å². The van der Waals surface area contributed by atoms with Crippen LogP contribution in [0.3, 0.4) is 0 Å². The summed E-state index contributed by atoms with van der Waals surface area (Å²) in [5, 5.41) is 2.78. The minimum atomic E-state index is -4.69. The van der Waals surface area contributed by atoms with Gasteiger partial charge in [-0.2, -0.15) is 0 Å². The van der Waals surface area contributed by atoms with Crippen LogP contribution in [0.1, 0.15) is 18.9 Å². The summed E-state index contributed by atoms with van der Waals surface area (Å²) in [6.07, 6.45) is -3.44. The molecule has 0 saturated heterocycles. The Bertz CT molecular complexity index is 713. The highest BCUT2D eigenvalue weighted by molar-refractivity contribution is 5.81. The molecule has 1 amide bonds. The minimum absolute atomic E-state index is 0.162. The monoisotopic (exact) mass is 366 g/mol. The van der Waals surface area contributed by atoms with Gasteiger partial charge in [-0.25, -0.2) is 0 Å². The van der Waals surface area contributed by atoms with E-state index in [0.717, 1.165) is 16.7 Å². The molecular weight excluding hydrogens is 345 g/mol. The third kappa shape index (κ3) is 6.07. The first-order valence-electron chi connectivity index (χ1n) is 8.27. The summed E-state index contributed by atoms with van der Waals surface area (Å²) in [6, 6.07) is 12.8. The fourth-order valence-corrected chi connectivity index (χ4v) is 2.36. The normalized spacial score (nSPS) is 12.5. The molecular formula is C19H21F3N2O2. The Hall–Kier alpha value is -2.54. The van der Waals surface area contributed by atoms with E-state index in [1.807, 2.05) is 31.2 Å². The van der Waals surface area contributed by atoms with Gasteiger partial charge in [-0.3, -0.25) is 4.79 Å². The highest BCUT2D eigenvalue weighted by Crippen LogP contribution is 2.26. The molecule has 0 aliphatic carbocycles. The Morgan fingerprint density at radius 3 is 2.12 bits per heavy atom. The largest absolute Gasteiger partial charge is 0.573 e. The topological polar surface area (TPSA) is 64.4 Å². The third-order valence-electron chi connectivity index (χ3n) is 3.86. The molecule has 2 rings (SSSR count). The molecule has 0 heterocycles. The van der Waals surface area contributed by atoms with Gasteiger partial charge in [0.2, 0.25) is 5.91 Å². The predicted molar refractivity (Wildman–Crippen MR) is 93.5 cm³/mol. The molecule has 1 unspecified atom stereocenters. The third-order valence-corrected chi connectivity index (χ3v) is 3.86. The van der Waals surface area contributed by atoms with E-state index in [9.17, 15) is 18.0 Å². The van der Waals surface area contributed by atoms with E-state index >= 15 is 0 Å². The van der Waals surface area contributed by atoms with Crippen LogP contribution in [0.25, 0.3) is 11.1 Å². The maximum atomic E-state index is 12.2. The molecule has 0 radical (unpaired) electrons. The summed E-state index contributed by atoms with van der Waals surface area (Å²) in [7, 11) is 0. The number of nitrogens with one attached hydrogen (secondary N) is 1. The first-order valence-corrected chi connectivity index (χ1v) is 8.27. The van der Waals surface area contributed by atoms with Gasteiger partial charge in [0.25, 0.3) is 0 Å². The van der Waals surface area contributed by atoms with Crippen molar-refractivity contribution in [1.29, 1.82) is 0 Å². The maximum Gasteiger partial charge on any atom is 0.573 e. The number of ether oxygens (including phenoxy) is 1. The molecule has 2 aromatic carbocycles. The number of hydrogen-bond acceptors (Lipinski definition) is 3. The van der Waals surface area contributed by atoms with Crippen LogP contribution >= 0.6 is 0 Å². The number of carbonyl (C=O) groups excluding carboxylic acids is 1. The van der Waals surface area contributed by atoms with Crippen LogP contribution in [0.5, 0.6) is 5.75 Å². The smallest absolute Gasteiger partial charge is 0.406 e. The Balaban J connectivity index is 1.91. The molecule has 3 N–H and O–H groups in total. The molecule has 1 atom stereocenters. The van der Waals surface area contributed by atoms with E-state index in [1.165, 1.54) is 12.1 Å². The highest BCUT2D eigenvalue weighted by Gasteiger charge is 2.30. The molecule has 0 aliphatic rings. The van der Waals surface area contributed by atoms with Crippen LogP contribution in [0.4, 0.5) is 13.2 Å². The van der Waals surface area contributed by atoms with Gasteiger partial charge < -0.3 is 15.8 Å². The molecule has 0 bridgehead atoms. The minimum Gasteiger partial charge on any atom is -0.406 e. The summed E-state index contributed by atoms with van der Waals surface area (Å²) >= 11 is 0. The highest BCUT2D eigenvalue weighted by atomic mass is 19.4. The van der Waals surface area contributed by atoms with Crippen molar-refractivity contribution in [3.05, 3.63) is 54.1 Å². The zero-order chi connectivity index (χ0) is 19.2. The van der Waals surface area contributed by atoms with Crippen molar-refractivity contribution < 1.29 is 22.7 Å². The molecule has 4 nitrogen and oxygen atoms in total. The van der Waals surface area contributed by atoms with E-state index in [4.69, 9.17) is 5.73 Å². The SMILES string of the molecule is CCC(N)C(=O)NCCc1ccc(-c2ccc(OC(F)(F)F)cc2)cc1. The number of rotatable bonds is 7. The second-order valence-electron chi connectivity index (χ2n) is 5.82. The number of nitrogens with two attached hydrogens (primary N) is 1. The van der Waals surface area contributed by atoms with Gasteiger partial charge >= 0.3 is 6.36 Å². The Morgan fingerprint density at radius 1 is 1.08 bits per heavy atom. The van der Waals surface area contributed by atoms with Crippen molar-refractivity contribution in [3.63, 3.8) is 0 Å². The molecule has 0 aromatic heterocycles. The average Bonchev–Trinajstić information content (AvgIpc) is 2.61. The quantitative estimate of drug-likeness (QED) is 0.786. The van der Waals surface area contributed by atoms with Crippen LogP contribution in [0.15, 0.2) is 48.5 Å². The van der Waals surface area contributed by atoms with E-state index in [-0.39, 0.29) is 11.7 Å². The van der Waals surface area contributed by atoms with Crippen molar-refractivity contribution >= 4 is 5.91 Å². The number of amides is 1. The maximum absolute atomic E-state index is 12.2. The van der Waals surface area contributed by atoms with Crippen molar-refractivity contribution in [2.24, 2.45) is 5.73 Å². The van der Waals surface area contributed by atoms with Crippen LogP contribution in [-0.4, -0.2) is 24.9 Å². The second kappa shape index (κ2) is 8.71. The lowest BCUT2D eigenvalue weighted by Gasteiger charge is -2.11. The Labute approximate surface area is 150 Å². The number of hydrogen-bond donors (Lipinski definition) is 2. The lowest BCUT2D eigenvalue weighted by Crippen LogP contribution is -2.40. The predicted octanol–water partition coefficient (Wildman–Crippen LogP) is 3.65. The zero-order valence-corrected chi connectivity index (χ0v) is 14.3. The second-order valence-corrected chi connectivity index (χ2v) is 5.82. The molecule has 140 valence electrons. The van der Waals surface area contributed by atoms with E-state index in [0.29, 0.717) is 19.4 Å². The number of halogens is 3. The van der Waals surface area contributed by atoms with Crippen LogP contribution < -0.4 is 15.8 Å². The fraction of sp³-hybridized carbons (Fsp3) is 0.316. The van der Waals surface area contributed by atoms with Crippen LogP contribution in [-0.2, 0) is 11.2 Å². The van der Waals surface area contributed by atoms with Crippen molar-refractivity contribution in [2.75, 3.05) is 6.54 Å². The van der Waals surface area contributed by atoms with E-state index in [1.54, 1.807) is 12.1 Å². The van der Waals surface area contributed by atoms with E-state index < -0.39 is 12.4 Å². The van der Waals surface area contributed by atoms with Gasteiger partial charge in [0.15, 0.2) is 0 Å². The van der Waals surface area contributed by atoms with Crippen molar-refractivity contribution in [3.8, 4) is 16.9 Å². The molecule has 7 heteroatoms. The molecule has 0 aliphatic heterocycles. The summed E-state index contributed by atoms with van der Waals surface area (Å²) in [5.41, 5.74) is 8.34. The molecule has 0 spiro atoms. The molecule has 0 fully saturated rings. The van der Waals surface area contributed by atoms with Gasteiger partial charge in [-0.15, -0.1) is 13.2 Å². The first kappa shape index (κ1) is 19.8. The Morgan fingerprint density at radius 2 is 1.62 bits per heavy atom. The lowest BCUT2D eigenvalue weighted by molar-refractivity contribution is -0.274. The number of alkyl halides is 3. The molecule has 26 heavy (non-hydrogen) atoms. The first-order chi connectivity index (χ1) is 12.3. The number of benzene rings is 2. The van der Waals surface area contributed by atoms with Crippen molar-refractivity contribution in [2.45, 2.75) is 32.2 Å². The summed E-state index contributed by atoms with van der Waals surface area (Å²) in [4.78, 5) is 11.6. The summed E-state index contributed by atoms with van der Waals surface area (Å²) in [5.74, 6) is -0.413. The molecule has 2 aromatic rings. The van der Waals surface area contributed by atoms with E-state index in [2.05, 4.69) is 10.1 Å². The summed E-state index contributed by atoms with van der Waals surface area (Å²) in [6.45, 7) is 2.35. The fourth-order valence-electron chi connectivity index (χ4n) is 2.36. The van der Waals surface area contributed by atoms with Gasteiger partial charge in [0.05, 0.1) is 6.04 Å². The number of carbonyl (C=O) groups is 1. The zero-order valence-electron chi connectivity index (χ0n) is 14.3.